The van der Waals surface area contributed by atoms with Crippen molar-refractivity contribution in [3.63, 3.8) is 0 Å². The van der Waals surface area contributed by atoms with E-state index in [0.717, 1.165) is 27.6 Å². The summed E-state index contributed by atoms with van der Waals surface area (Å²) in [6.07, 6.45) is 5.79. The van der Waals surface area contributed by atoms with Gasteiger partial charge >= 0.3 is 0 Å². The van der Waals surface area contributed by atoms with Gasteiger partial charge in [-0.1, -0.05) is 12.7 Å². The monoisotopic (exact) mass is 368 g/mol. The van der Waals surface area contributed by atoms with Crippen molar-refractivity contribution in [2.75, 3.05) is 32.6 Å². The first-order chi connectivity index (χ1) is 12.7. The molecule has 6 nitrogen and oxygen atoms in total. The van der Waals surface area contributed by atoms with Crippen LogP contribution in [-0.2, 0) is 11.8 Å². The van der Waals surface area contributed by atoms with E-state index in [-0.39, 0.29) is 12.5 Å². The van der Waals surface area contributed by atoms with E-state index in [1.807, 2.05) is 67.8 Å². The smallest absolute Gasteiger partial charge is 0.259 e. The summed E-state index contributed by atoms with van der Waals surface area (Å²) in [4.78, 5) is 19.6. The lowest BCUT2D eigenvalue weighted by Gasteiger charge is -2.22. The average molecular weight is 368 g/mol. The normalized spacial score (nSPS) is 12.2. The largest absolute Gasteiger partial charge is 0.484 e. The van der Waals surface area contributed by atoms with E-state index in [0.29, 0.717) is 5.75 Å². The van der Waals surface area contributed by atoms with Crippen molar-refractivity contribution in [2.45, 2.75) is 13.8 Å². The van der Waals surface area contributed by atoms with E-state index in [2.05, 4.69) is 11.6 Å². The van der Waals surface area contributed by atoms with Crippen LogP contribution >= 0.6 is 0 Å². The third kappa shape index (κ3) is 4.78. The number of aryl methyl sites for hydroxylation is 2. The van der Waals surface area contributed by atoms with Crippen molar-refractivity contribution in [3.05, 3.63) is 53.1 Å². The molecule has 0 N–H and O–H groups in total. The molecular formula is C21H28N4O2. The lowest BCUT2D eigenvalue weighted by Crippen LogP contribution is -2.30. The molecule has 2 aromatic rings. The van der Waals surface area contributed by atoms with Crippen molar-refractivity contribution in [3.8, 4) is 5.75 Å². The number of imidazole rings is 1. The number of rotatable bonds is 6. The number of amides is 1. The zero-order chi connectivity index (χ0) is 20.1. The second-order valence-electron chi connectivity index (χ2n) is 6.63. The highest BCUT2D eigenvalue weighted by Crippen LogP contribution is 2.26. The molecular weight excluding hydrogens is 340 g/mol. The summed E-state index contributed by atoms with van der Waals surface area (Å²) in [5, 5.41) is 1.94. The first-order valence-corrected chi connectivity index (χ1v) is 8.76. The second-order valence-corrected chi connectivity index (χ2v) is 6.63. The Morgan fingerprint density at radius 3 is 2.63 bits per heavy atom. The van der Waals surface area contributed by atoms with Gasteiger partial charge in [-0.15, -0.1) is 0 Å². The van der Waals surface area contributed by atoms with Crippen LogP contribution in [0.15, 0.2) is 36.8 Å². The Bertz CT molecular complexity index is 957. The molecule has 2 rings (SSSR count). The zero-order valence-corrected chi connectivity index (χ0v) is 17.0. The predicted octanol–water partition coefficient (Wildman–Crippen LogP) is 1.43. The number of carbonyl (C=O) groups excluding carboxylic acids is 1. The van der Waals surface area contributed by atoms with Gasteiger partial charge < -0.3 is 19.1 Å². The van der Waals surface area contributed by atoms with Crippen LogP contribution in [0.1, 0.15) is 12.5 Å². The average Bonchev–Trinajstić information content (AvgIpc) is 2.98. The summed E-state index contributed by atoms with van der Waals surface area (Å²) in [5.41, 5.74) is 2.90. The standard InChI is InChI=1S/C21H28N4O2/c1-8-18-20(24(6)14-22-18)12-16(3)25(7)19-10-9-17(11-15(19)2)27-13-21(26)23(4)5/h8-12,14H,3,13H2,1-2,4-7H3. The number of nitrogens with zero attached hydrogens (tertiary/aromatic N) is 4. The van der Waals surface area contributed by atoms with Gasteiger partial charge in [0.1, 0.15) is 5.75 Å². The Morgan fingerprint density at radius 1 is 1.33 bits per heavy atom. The number of hydrogen-bond acceptors (Lipinski definition) is 4. The molecule has 0 bridgehead atoms. The fourth-order valence-electron chi connectivity index (χ4n) is 2.63. The lowest BCUT2D eigenvalue weighted by molar-refractivity contribution is -0.130. The minimum absolute atomic E-state index is 0.0267. The second kappa shape index (κ2) is 8.58. The first-order valence-electron chi connectivity index (χ1n) is 8.76. The Kier molecular flexibility index (Phi) is 6.45. The molecule has 144 valence electrons. The highest BCUT2D eigenvalue weighted by Gasteiger charge is 2.10. The maximum atomic E-state index is 11.7. The highest BCUT2D eigenvalue weighted by atomic mass is 16.5. The molecule has 6 heteroatoms. The van der Waals surface area contributed by atoms with Crippen LogP contribution in [0.5, 0.6) is 5.75 Å². The molecule has 1 aromatic heterocycles. The summed E-state index contributed by atoms with van der Waals surface area (Å²) < 4.78 is 7.55. The number of carbonyl (C=O) groups is 1. The maximum absolute atomic E-state index is 11.7. The van der Waals surface area contributed by atoms with E-state index in [1.165, 1.54) is 4.90 Å². The van der Waals surface area contributed by atoms with E-state index >= 15 is 0 Å². The Morgan fingerprint density at radius 2 is 2.04 bits per heavy atom. The quantitative estimate of drug-likeness (QED) is 0.774. The summed E-state index contributed by atoms with van der Waals surface area (Å²) >= 11 is 0. The fourth-order valence-corrected chi connectivity index (χ4v) is 2.63. The number of ether oxygens (including phenoxy) is 1. The van der Waals surface area contributed by atoms with E-state index < -0.39 is 0 Å². The summed E-state index contributed by atoms with van der Waals surface area (Å²) in [6.45, 7) is 8.20. The van der Waals surface area contributed by atoms with Gasteiger partial charge in [-0.25, -0.2) is 4.98 Å². The molecule has 0 saturated heterocycles. The molecule has 27 heavy (non-hydrogen) atoms. The zero-order valence-electron chi connectivity index (χ0n) is 17.0. The Labute approximate surface area is 160 Å². The first kappa shape index (κ1) is 20.3. The van der Waals surface area contributed by atoms with Crippen LogP contribution in [0.25, 0.3) is 12.2 Å². The van der Waals surface area contributed by atoms with Crippen molar-refractivity contribution >= 4 is 23.7 Å². The van der Waals surface area contributed by atoms with Crippen LogP contribution in [-0.4, -0.2) is 48.1 Å². The number of anilines is 1. The molecule has 0 atom stereocenters. The van der Waals surface area contributed by atoms with Crippen LogP contribution in [0.2, 0.25) is 0 Å². The maximum Gasteiger partial charge on any atom is 0.259 e. The summed E-state index contributed by atoms with van der Waals surface area (Å²) in [7, 11) is 7.36. The van der Waals surface area contributed by atoms with Gasteiger partial charge in [0.2, 0.25) is 0 Å². The van der Waals surface area contributed by atoms with Crippen molar-refractivity contribution in [1.82, 2.24) is 14.5 Å². The minimum atomic E-state index is -0.0727. The molecule has 0 aliphatic rings. The third-order valence-corrected chi connectivity index (χ3v) is 4.41. The highest BCUT2D eigenvalue weighted by molar-refractivity contribution is 5.77. The molecule has 0 saturated carbocycles. The molecule has 0 unspecified atom stereocenters. The number of aromatic nitrogens is 2. The fraction of sp³-hybridized carbons (Fsp3) is 0.333. The number of benzene rings is 1. The third-order valence-electron chi connectivity index (χ3n) is 4.41. The summed E-state index contributed by atoms with van der Waals surface area (Å²) in [6, 6.07) is 5.77. The summed E-state index contributed by atoms with van der Waals surface area (Å²) in [5.74, 6) is 0.598. The lowest BCUT2D eigenvalue weighted by atomic mass is 10.1. The van der Waals surface area contributed by atoms with Gasteiger partial charge in [0.25, 0.3) is 5.91 Å². The van der Waals surface area contributed by atoms with Gasteiger partial charge in [0.05, 0.1) is 17.0 Å². The van der Waals surface area contributed by atoms with E-state index in [1.54, 1.807) is 20.4 Å². The molecule has 1 heterocycles. The van der Waals surface area contributed by atoms with Crippen molar-refractivity contribution in [1.29, 1.82) is 0 Å². The van der Waals surface area contributed by atoms with E-state index in [9.17, 15) is 4.79 Å². The molecule has 0 aliphatic heterocycles. The van der Waals surface area contributed by atoms with E-state index in [4.69, 9.17) is 4.74 Å². The predicted molar refractivity (Wildman–Crippen MR) is 110 cm³/mol. The van der Waals surface area contributed by atoms with Gasteiger partial charge in [-0.2, -0.15) is 0 Å². The molecule has 0 fully saturated rings. The van der Waals surface area contributed by atoms with Gasteiger partial charge in [-0.05, 0) is 43.7 Å². The number of allylic oxidation sites excluding steroid dienone is 1. The van der Waals surface area contributed by atoms with Crippen LogP contribution in [0, 0.1) is 6.92 Å². The van der Waals surface area contributed by atoms with Crippen LogP contribution < -0.4 is 20.3 Å². The van der Waals surface area contributed by atoms with Gasteiger partial charge in [0, 0.05) is 39.6 Å². The topological polar surface area (TPSA) is 50.6 Å². The molecule has 0 spiro atoms. The molecule has 1 amide bonds. The molecule has 1 aromatic carbocycles. The number of hydrogen-bond donors (Lipinski definition) is 0. The number of likely N-dealkylation sites (N-methyl/N-ethyl adjacent to an activating group) is 1. The van der Waals surface area contributed by atoms with Crippen molar-refractivity contribution in [2.24, 2.45) is 7.05 Å². The van der Waals surface area contributed by atoms with Gasteiger partial charge in [0.15, 0.2) is 6.61 Å². The molecule has 0 radical (unpaired) electrons. The van der Waals surface area contributed by atoms with Crippen LogP contribution in [0.3, 0.4) is 0 Å². The molecule has 0 aliphatic carbocycles. The minimum Gasteiger partial charge on any atom is -0.484 e. The SMILES string of the molecule is C=C(C=c1c(=CC)ncn1C)N(C)c1ccc(OCC(=O)N(C)C)cc1C. The Hall–Kier alpha value is -3.02. The Balaban J connectivity index is 2.21. The van der Waals surface area contributed by atoms with Crippen molar-refractivity contribution < 1.29 is 9.53 Å². The van der Waals surface area contributed by atoms with Crippen LogP contribution in [0.4, 0.5) is 5.69 Å². The van der Waals surface area contributed by atoms with Gasteiger partial charge in [-0.3, -0.25) is 4.79 Å².